The summed E-state index contributed by atoms with van der Waals surface area (Å²) in [6, 6.07) is 8.72. The summed E-state index contributed by atoms with van der Waals surface area (Å²) in [6.45, 7) is 3.75. The van der Waals surface area contributed by atoms with Crippen LogP contribution in [0.5, 0.6) is 0 Å². The van der Waals surface area contributed by atoms with Crippen molar-refractivity contribution in [2.24, 2.45) is 0 Å². The normalized spacial score (nSPS) is 13.6. The molecule has 0 heteroatoms. The largest absolute Gasteiger partial charge is 0.103 e. The van der Waals surface area contributed by atoms with Crippen molar-refractivity contribution in [3.8, 4) is 0 Å². The second-order valence-electron chi connectivity index (χ2n) is 3.77. The van der Waals surface area contributed by atoms with Gasteiger partial charge in [0.1, 0.15) is 0 Å². The van der Waals surface area contributed by atoms with Gasteiger partial charge in [-0.15, -0.1) is 6.58 Å². The molecule has 0 N–H and O–H groups in total. The van der Waals surface area contributed by atoms with E-state index in [1.165, 1.54) is 29.5 Å². The highest BCUT2D eigenvalue weighted by molar-refractivity contribution is 5.72. The minimum Gasteiger partial charge on any atom is -0.103 e. The molecular weight excluding hydrogens is 168 g/mol. The molecule has 0 aromatic heterocycles. The lowest BCUT2D eigenvalue weighted by molar-refractivity contribution is 0.882. The number of unbranched alkanes of at least 4 members (excludes halogenated alkanes) is 1. The Kier molecular flexibility index (Phi) is 2.83. The first kappa shape index (κ1) is 9.26. The number of benzene rings is 1. The van der Waals surface area contributed by atoms with E-state index in [0.717, 1.165) is 12.8 Å². The summed E-state index contributed by atoms with van der Waals surface area (Å²) < 4.78 is 0. The molecule has 0 atom stereocenters. The monoisotopic (exact) mass is 184 g/mol. The summed E-state index contributed by atoms with van der Waals surface area (Å²) in [6.07, 6.45) is 9.04. The van der Waals surface area contributed by atoms with E-state index >= 15 is 0 Å². The van der Waals surface area contributed by atoms with Gasteiger partial charge in [0.05, 0.1) is 0 Å². The first-order valence-electron chi connectivity index (χ1n) is 5.30. The highest BCUT2D eigenvalue weighted by Crippen LogP contribution is 2.30. The summed E-state index contributed by atoms with van der Waals surface area (Å²) in [5.74, 6) is 0. The van der Waals surface area contributed by atoms with Crippen LogP contribution in [0, 0.1) is 0 Å². The molecule has 2 rings (SSSR count). The fraction of sp³-hybridized carbons (Fsp3) is 0.286. The van der Waals surface area contributed by atoms with E-state index in [2.05, 4.69) is 36.9 Å². The number of rotatable bonds is 4. The summed E-state index contributed by atoms with van der Waals surface area (Å²) >= 11 is 0. The van der Waals surface area contributed by atoms with Crippen molar-refractivity contribution in [2.45, 2.75) is 25.7 Å². The Morgan fingerprint density at radius 1 is 1.29 bits per heavy atom. The van der Waals surface area contributed by atoms with Crippen molar-refractivity contribution in [1.82, 2.24) is 0 Å². The van der Waals surface area contributed by atoms with E-state index in [1.54, 1.807) is 0 Å². The van der Waals surface area contributed by atoms with Gasteiger partial charge in [-0.05, 0) is 42.4 Å². The molecule has 0 bridgehead atoms. The predicted molar refractivity (Wildman–Crippen MR) is 62.2 cm³/mol. The van der Waals surface area contributed by atoms with Crippen molar-refractivity contribution >= 4 is 5.57 Å². The summed E-state index contributed by atoms with van der Waals surface area (Å²) in [5, 5.41) is 0. The molecule has 0 heterocycles. The molecule has 0 amide bonds. The number of fused-ring (bicyclic) bond motifs is 1. The van der Waals surface area contributed by atoms with Crippen LogP contribution >= 0.6 is 0 Å². The molecule has 1 aromatic rings. The van der Waals surface area contributed by atoms with Crippen molar-refractivity contribution < 1.29 is 0 Å². The third-order valence-corrected chi connectivity index (χ3v) is 2.79. The molecule has 0 saturated carbocycles. The third kappa shape index (κ3) is 1.79. The van der Waals surface area contributed by atoms with Gasteiger partial charge < -0.3 is 0 Å². The van der Waals surface area contributed by atoms with E-state index in [0.29, 0.717) is 0 Å². The van der Waals surface area contributed by atoms with Gasteiger partial charge >= 0.3 is 0 Å². The van der Waals surface area contributed by atoms with E-state index in [-0.39, 0.29) is 0 Å². The third-order valence-electron chi connectivity index (χ3n) is 2.79. The Balaban J connectivity index is 2.05. The molecule has 1 aliphatic carbocycles. The van der Waals surface area contributed by atoms with Crippen LogP contribution in [-0.4, -0.2) is 0 Å². The van der Waals surface area contributed by atoms with Gasteiger partial charge in [-0.25, -0.2) is 0 Å². The fourth-order valence-corrected chi connectivity index (χ4v) is 2.03. The Morgan fingerprint density at radius 2 is 2.14 bits per heavy atom. The van der Waals surface area contributed by atoms with Crippen LogP contribution in [0.25, 0.3) is 5.57 Å². The molecule has 0 saturated heterocycles. The van der Waals surface area contributed by atoms with Crippen LogP contribution < -0.4 is 0 Å². The number of hydrogen-bond acceptors (Lipinski definition) is 0. The number of allylic oxidation sites excluding steroid dienone is 3. The maximum Gasteiger partial charge on any atom is -0.00854 e. The lowest BCUT2D eigenvalue weighted by Gasteiger charge is -2.04. The zero-order chi connectivity index (χ0) is 9.80. The molecule has 0 radical (unpaired) electrons. The molecule has 72 valence electrons. The Hall–Kier alpha value is -1.30. The highest BCUT2D eigenvalue weighted by Gasteiger charge is 2.11. The van der Waals surface area contributed by atoms with Gasteiger partial charge in [-0.3, -0.25) is 0 Å². The molecular formula is C14H16. The van der Waals surface area contributed by atoms with Gasteiger partial charge in [-0.2, -0.15) is 0 Å². The topological polar surface area (TPSA) is 0 Å². The SMILES string of the molecule is C=CCCCC1=CCc2ccccc21. The van der Waals surface area contributed by atoms with Gasteiger partial charge in [0.2, 0.25) is 0 Å². The molecule has 0 aliphatic heterocycles. The number of hydrogen-bond donors (Lipinski definition) is 0. The van der Waals surface area contributed by atoms with Gasteiger partial charge in [0, 0.05) is 0 Å². The van der Waals surface area contributed by atoms with Crippen LogP contribution in [0.4, 0.5) is 0 Å². The zero-order valence-corrected chi connectivity index (χ0v) is 8.50. The maximum absolute atomic E-state index is 3.75. The molecule has 0 nitrogen and oxygen atoms in total. The molecule has 0 fully saturated rings. The minimum atomic E-state index is 1.12. The fourth-order valence-electron chi connectivity index (χ4n) is 2.03. The second-order valence-corrected chi connectivity index (χ2v) is 3.77. The van der Waals surface area contributed by atoms with Crippen molar-refractivity contribution in [1.29, 1.82) is 0 Å². The Morgan fingerprint density at radius 3 is 3.00 bits per heavy atom. The molecule has 14 heavy (non-hydrogen) atoms. The van der Waals surface area contributed by atoms with Crippen LogP contribution in [0.15, 0.2) is 43.0 Å². The lowest BCUT2D eigenvalue weighted by atomic mass is 10.0. The van der Waals surface area contributed by atoms with Gasteiger partial charge in [-0.1, -0.05) is 36.4 Å². The summed E-state index contributed by atoms with van der Waals surface area (Å²) in [5.41, 5.74) is 4.49. The van der Waals surface area contributed by atoms with E-state index in [4.69, 9.17) is 0 Å². The maximum atomic E-state index is 3.75. The van der Waals surface area contributed by atoms with Crippen molar-refractivity contribution in [3.05, 3.63) is 54.1 Å². The minimum absolute atomic E-state index is 1.12. The standard InChI is InChI=1S/C14H16/c1-2-3-4-7-12-10-11-13-8-5-6-9-14(12)13/h2,5-6,8-10H,1,3-4,7,11H2. The van der Waals surface area contributed by atoms with Crippen molar-refractivity contribution in [3.63, 3.8) is 0 Å². The molecule has 1 aliphatic rings. The second kappa shape index (κ2) is 4.28. The molecule has 1 aromatic carbocycles. The summed E-state index contributed by atoms with van der Waals surface area (Å²) in [4.78, 5) is 0. The van der Waals surface area contributed by atoms with Crippen LogP contribution in [0.3, 0.4) is 0 Å². The first-order valence-corrected chi connectivity index (χ1v) is 5.30. The lowest BCUT2D eigenvalue weighted by Crippen LogP contribution is -1.83. The van der Waals surface area contributed by atoms with Crippen LogP contribution in [-0.2, 0) is 6.42 Å². The predicted octanol–water partition coefficient (Wildman–Crippen LogP) is 3.98. The Bertz CT molecular complexity index is 358. The quantitative estimate of drug-likeness (QED) is 0.490. The highest BCUT2D eigenvalue weighted by atomic mass is 14.2. The first-order chi connectivity index (χ1) is 6.92. The zero-order valence-electron chi connectivity index (χ0n) is 8.50. The smallest absolute Gasteiger partial charge is 0.00854 e. The van der Waals surface area contributed by atoms with Crippen LogP contribution in [0.1, 0.15) is 30.4 Å². The molecule has 0 spiro atoms. The van der Waals surface area contributed by atoms with Crippen molar-refractivity contribution in [2.75, 3.05) is 0 Å². The van der Waals surface area contributed by atoms with Gasteiger partial charge in [0.25, 0.3) is 0 Å². The van der Waals surface area contributed by atoms with E-state index in [9.17, 15) is 0 Å². The van der Waals surface area contributed by atoms with Gasteiger partial charge in [0.15, 0.2) is 0 Å². The Labute approximate surface area is 86.0 Å². The molecule has 0 unspecified atom stereocenters. The summed E-state index contributed by atoms with van der Waals surface area (Å²) in [7, 11) is 0. The average molecular weight is 184 g/mol. The van der Waals surface area contributed by atoms with E-state index in [1.807, 2.05) is 6.08 Å². The van der Waals surface area contributed by atoms with E-state index < -0.39 is 0 Å². The average Bonchev–Trinajstić information content (AvgIpc) is 2.63. The van der Waals surface area contributed by atoms with Crippen LogP contribution in [0.2, 0.25) is 0 Å².